The van der Waals surface area contributed by atoms with Gasteiger partial charge in [-0.2, -0.15) is 0 Å². The summed E-state index contributed by atoms with van der Waals surface area (Å²) in [5, 5.41) is 0. The van der Waals surface area contributed by atoms with E-state index in [-0.39, 0.29) is 23.8 Å². The van der Waals surface area contributed by atoms with E-state index in [9.17, 15) is 13.6 Å². The van der Waals surface area contributed by atoms with Crippen LogP contribution in [0.5, 0.6) is 0 Å². The Morgan fingerprint density at radius 3 is 1.88 bits per heavy atom. The van der Waals surface area contributed by atoms with Crippen molar-refractivity contribution in [3.63, 3.8) is 0 Å². The maximum Gasteiger partial charge on any atom is 0.410 e. The highest BCUT2D eigenvalue weighted by molar-refractivity contribution is 5.67. The third kappa shape index (κ3) is 4.19. The molecule has 6 heteroatoms. The summed E-state index contributed by atoms with van der Waals surface area (Å²) in [5.41, 5.74) is 1.94. The van der Waals surface area contributed by atoms with E-state index in [4.69, 9.17) is 4.74 Å². The molecule has 1 saturated heterocycles. The third-order valence-corrected chi connectivity index (χ3v) is 4.75. The molecule has 3 rings (SSSR count). The van der Waals surface area contributed by atoms with Crippen LogP contribution in [0.3, 0.4) is 0 Å². The Kier molecular flexibility index (Phi) is 5.83. The van der Waals surface area contributed by atoms with Crippen LogP contribution in [-0.4, -0.2) is 43.8 Å². The molecule has 0 spiro atoms. The van der Waals surface area contributed by atoms with E-state index in [1.807, 2.05) is 0 Å². The molecule has 0 saturated carbocycles. The first-order chi connectivity index (χ1) is 12.6. The summed E-state index contributed by atoms with van der Waals surface area (Å²) >= 11 is 0. The highest BCUT2D eigenvalue weighted by Crippen LogP contribution is 2.20. The molecule has 0 atom stereocenters. The smallest absolute Gasteiger partial charge is 0.410 e. The molecule has 1 heterocycles. The standard InChI is InChI=1S/C20H22F2N2O2/c1-2-26-20(25)24-13-11-23(12-14-24)19(15-3-7-17(21)8-4-15)16-5-9-18(22)10-6-16/h3-10,19H,2,11-14H2,1H3/p+1. The van der Waals surface area contributed by atoms with Gasteiger partial charge in [0.1, 0.15) is 17.7 Å². The van der Waals surface area contributed by atoms with Crippen LogP contribution >= 0.6 is 0 Å². The van der Waals surface area contributed by atoms with Gasteiger partial charge in [-0.15, -0.1) is 0 Å². The Labute approximate surface area is 152 Å². The predicted molar refractivity (Wildman–Crippen MR) is 93.9 cm³/mol. The number of benzene rings is 2. The Bertz CT molecular complexity index is 681. The molecule has 0 bridgehead atoms. The molecule has 1 aliphatic heterocycles. The van der Waals surface area contributed by atoms with Gasteiger partial charge < -0.3 is 9.64 Å². The fourth-order valence-electron chi connectivity index (χ4n) is 3.45. The Morgan fingerprint density at radius 2 is 1.46 bits per heavy atom. The second-order valence-electron chi connectivity index (χ2n) is 6.38. The third-order valence-electron chi connectivity index (χ3n) is 4.75. The number of hydrogen-bond donors (Lipinski definition) is 1. The lowest BCUT2D eigenvalue weighted by atomic mass is 9.96. The minimum atomic E-state index is -0.285. The molecule has 1 amide bonds. The average molecular weight is 361 g/mol. The number of nitrogens with zero attached hydrogens (tertiary/aromatic N) is 1. The molecule has 0 aliphatic carbocycles. The predicted octanol–water partition coefficient (Wildman–Crippen LogP) is 2.41. The number of halogens is 2. The van der Waals surface area contributed by atoms with Crippen molar-refractivity contribution in [2.45, 2.75) is 13.0 Å². The van der Waals surface area contributed by atoms with Crippen molar-refractivity contribution in [2.75, 3.05) is 32.8 Å². The zero-order valence-corrected chi connectivity index (χ0v) is 14.8. The number of nitrogens with one attached hydrogen (secondary N) is 1. The maximum absolute atomic E-state index is 13.3. The minimum absolute atomic E-state index is 0.0412. The van der Waals surface area contributed by atoms with Crippen molar-refractivity contribution >= 4 is 6.09 Å². The summed E-state index contributed by atoms with van der Waals surface area (Å²) in [5.74, 6) is -0.567. The fourth-order valence-corrected chi connectivity index (χ4v) is 3.45. The summed E-state index contributed by atoms with van der Waals surface area (Å²) in [6.45, 7) is 4.80. The van der Waals surface area contributed by atoms with Crippen LogP contribution in [0.1, 0.15) is 24.1 Å². The summed E-state index contributed by atoms with van der Waals surface area (Å²) in [7, 11) is 0. The number of ether oxygens (including phenoxy) is 1. The largest absolute Gasteiger partial charge is 0.450 e. The van der Waals surface area contributed by atoms with E-state index in [0.29, 0.717) is 19.7 Å². The van der Waals surface area contributed by atoms with Crippen LogP contribution in [-0.2, 0) is 4.74 Å². The fraction of sp³-hybridized carbons (Fsp3) is 0.350. The van der Waals surface area contributed by atoms with Gasteiger partial charge in [0, 0.05) is 11.1 Å². The average Bonchev–Trinajstić information content (AvgIpc) is 2.66. The summed E-state index contributed by atoms with van der Waals surface area (Å²) in [6, 6.07) is 12.8. The van der Waals surface area contributed by atoms with Crippen LogP contribution < -0.4 is 4.90 Å². The maximum atomic E-state index is 13.3. The van der Waals surface area contributed by atoms with Gasteiger partial charge in [0.25, 0.3) is 0 Å². The van der Waals surface area contributed by atoms with Gasteiger partial charge in [0.05, 0.1) is 32.8 Å². The Balaban J connectivity index is 1.81. The van der Waals surface area contributed by atoms with Crippen molar-refractivity contribution in [2.24, 2.45) is 0 Å². The monoisotopic (exact) mass is 361 g/mol. The quantitative estimate of drug-likeness (QED) is 0.908. The molecule has 0 unspecified atom stereocenters. The zero-order chi connectivity index (χ0) is 18.5. The van der Waals surface area contributed by atoms with Gasteiger partial charge >= 0.3 is 6.09 Å². The van der Waals surface area contributed by atoms with Crippen molar-refractivity contribution in [3.05, 3.63) is 71.3 Å². The zero-order valence-electron chi connectivity index (χ0n) is 14.8. The van der Waals surface area contributed by atoms with Crippen LogP contribution in [0, 0.1) is 11.6 Å². The minimum Gasteiger partial charge on any atom is -0.450 e. The second-order valence-corrected chi connectivity index (χ2v) is 6.38. The first-order valence-corrected chi connectivity index (χ1v) is 8.85. The molecular formula is C20H23F2N2O2+. The van der Waals surface area contributed by atoms with Gasteiger partial charge in [-0.05, 0) is 55.5 Å². The van der Waals surface area contributed by atoms with Crippen LogP contribution in [0.4, 0.5) is 13.6 Å². The van der Waals surface area contributed by atoms with E-state index in [1.54, 1.807) is 36.1 Å². The Hall–Kier alpha value is -2.47. The topological polar surface area (TPSA) is 34.0 Å². The van der Waals surface area contributed by atoms with E-state index in [0.717, 1.165) is 24.2 Å². The molecule has 4 nitrogen and oxygen atoms in total. The summed E-state index contributed by atoms with van der Waals surface area (Å²) in [4.78, 5) is 14.9. The molecule has 0 radical (unpaired) electrons. The SMILES string of the molecule is CCOC(=O)N1CC[NH+](C(c2ccc(F)cc2)c2ccc(F)cc2)CC1. The van der Waals surface area contributed by atoms with Crippen molar-refractivity contribution in [1.29, 1.82) is 0 Å². The number of carbonyl (C=O) groups is 1. The van der Waals surface area contributed by atoms with Crippen molar-refractivity contribution < 1.29 is 23.2 Å². The van der Waals surface area contributed by atoms with Crippen LogP contribution in [0.2, 0.25) is 0 Å². The Morgan fingerprint density at radius 1 is 1.00 bits per heavy atom. The number of piperazine rings is 1. The van der Waals surface area contributed by atoms with Crippen molar-refractivity contribution in [3.8, 4) is 0 Å². The normalized spacial score (nSPS) is 15.3. The molecule has 2 aromatic carbocycles. The van der Waals surface area contributed by atoms with Crippen LogP contribution in [0.15, 0.2) is 48.5 Å². The number of amides is 1. The van der Waals surface area contributed by atoms with Gasteiger partial charge in [0.15, 0.2) is 0 Å². The van der Waals surface area contributed by atoms with Crippen molar-refractivity contribution in [1.82, 2.24) is 4.90 Å². The van der Waals surface area contributed by atoms with E-state index >= 15 is 0 Å². The van der Waals surface area contributed by atoms with Gasteiger partial charge in [0.2, 0.25) is 0 Å². The first-order valence-electron chi connectivity index (χ1n) is 8.85. The van der Waals surface area contributed by atoms with Crippen LogP contribution in [0.25, 0.3) is 0 Å². The number of rotatable bonds is 4. The number of quaternary nitrogens is 1. The summed E-state index contributed by atoms with van der Waals surface area (Å²) < 4.78 is 31.8. The molecule has 26 heavy (non-hydrogen) atoms. The van der Waals surface area contributed by atoms with E-state index < -0.39 is 0 Å². The first kappa shape index (κ1) is 18.3. The van der Waals surface area contributed by atoms with E-state index in [2.05, 4.69) is 0 Å². The lowest BCUT2D eigenvalue weighted by molar-refractivity contribution is -0.929. The molecule has 1 N–H and O–H groups in total. The molecule has 138 valence electrons. The van der Waals surface area contributed by atoms with E-state index in [1.165, 1.54) is 29.2 Å². The molecule has 1 fully saturated rings. The molecule has 0 aromatic heterocycles. The van der Waals surface area contributed by atoms with Gasteiger partial charge in [-0.3, -0.25) is 4.90 Å². The van der Waals surface area contributed by atoms with Gasteiger partial charge in [-0.25, -0.2) is 13.6 Å². The number of carbonyl (C=O) groups excluding carboxylic acids is 1. The number of hydrogen-bond acceptors (Lipinski definition) is 2. The highest BCUT2D eigenvalue weighted by atomic mass is 19.1. The molecule has 1 aliphatic rings. The lowest BCUT2D eigenvalue weighted by Gasteiger charge is -2.36. The highest BCUT2D eigenvalue weighted by Gasteiger charge is 2.32. The van der Waals surface area contributed by atoms with Gasteiger partial charge in [-0.1, -0.05) is 0 Å². The lowest BCUT2D eigenvalue weighted by Crippen LogP contribution is -3.15. The summed E-state index contributed by atoms with van der Waals surface area (Å²) in [6.07, 6.45) is -0.285. The second kappa shape index (κ2) is 8.27. The molecular weight excluding hydrogens is 338 g/mol. The molecule has 2 aromatic rings.